The molecule has 0 bridgehead atoms. The van der Waals surface area contributed by atoms with Crippen molar-refractivity contribution in [3.05, 3.63) is 41.2 Å². The van der Waals surface area contributed by atoms with Crippen molar-refractivity contribution < 1.29 is 0 Å². The molecule has 0 saturated heterocycles. The molecule has 1 aromatic heterocycles. The number of nitrogens with one attached hydrogen (secondary N) is 1. The van der Waals surface area contributed by atoms with E-state index in [1.807, 2.05) is 7.05 Å². The second kappa shape index (κ2) is 3.85. The molecule has 2 aromatic rings. The van der Waals surface area contributed by atoms with E-state index in [1.54, 1.807) is 4.68 Å². The number of nitrogen functional groups attached to an aromatic ring is 1. The topological polar surface area (TPSA) is 68.8 Å². The molecule has 2 heterocycles. The van der Waals surface area contributed by atoms with E-state index in [4.69, 9.17) is 5.73 Å². The lowest BCUT2D eigenvalue weighted by molar-refractivity contribution is 0.474. The Morgan fingerprint density at radius 2 is 2.12 bits per heavy atom. The third kappa shape index (κ3) is 1.78. The highest BCUT2D eigenvalue weighted by atomic mass is 15.4. The average Bonchev–Trinajstić information content (AvgIpc) is 2.69. The number of fused-ring (bicyclic) bond motifs is 1. The number of nitrogens with zero attached hydrogens (tertiary/aromatic N) is 3. The lowest BCUT2D eigenvalue weighted by atomic mass is 9.96. The van der Waals surface area contributed by atoms with Crippen LogP contribution in [0.2, 0.25) is 0 Å². The summed E-state index contributed by atoms with van der Waals surface area (Å²) < 4.78 is 1.61. The van der Waals surface area contributed by atoms with Gasteiger partial charge in [-0.1, -0.05) is 24.3 Å². The Morgan fingerprint density at radius 3 is 2.82 bits per heavy atom. The lowest BCUT2D eigenvalue weighted by Crippen LogP contribution is -2.29. The maximum atomic E-state index is 5.70. The maximum Gasteiger partial charge on any atom is 0.218 e. The van der Waals surface area contributed by atoms with Crippen LogP contribution in [0.3, 0.4) is 0 Å². The number of nitrogens with two attached hydrogens (primary N) is 1. The molecule has 1 aliphatic heterocycles. The zero-order valence-electron chi connectivity index (χ0n) is 9.72. The minimum absolute atomic E-state index is 0.161. The highest BCUT2D eigenvalue weighted by molar-refractivity contribution is 5.31. The summed E-state index contributed by atoms with van der Waals surface area (Å²) in [6.45, 7) is 0.860. The maximum absolute atomic E-state index is 5.70. The zero-order chi connectivity index (χ0) is 11.8. The largest absolute Gasteiger partial charge is 0.368 e. The van der Waals surface area contributed by atoms with Crippen LogP contribution in [0.4, 0.5) is 5.95 Å². The van der Waals surface area contributed by atoms with Crippen LogP contribution in [0, 0.1) is 0 Å². The van der Waals surface area contributed by atoms with E-state index in [0.29, 0.717) is 5.95 Å². The predicted molar refractivity (Wildman–Crippen MR) is 65.1 cm³/mol. The van der Waals surface area contributed by atoms with E-state index in [9.17, 15) is 0 Å². The third-order valence-electron chi connectivity index (χ3n) is 3.21. The molecule has 5 nitrogen and oxygen atoms in total. The molecule has 5 heteroatoms. The number of hydrogen-bond acceptors (Lipinski definition) is 4. The summed E-state index contributed by atoms with van der Waals surface area (Å²) in [6.07, 6.45) is 0.916. The van der Waals surface area contributed by atoms with Crippen LogP contribution in [-0.4, -0.2) is 14.8 Å². The first-order valence-corrected chi connectivity index (χ1v) is 5.70. The summed E-state index contributed by atoms with van der Waals surface area (Å²) in [5.74, 6) is 1.24. The summed E-state index contributed by atoms with van der Waals surface area (Å²) >= 11 is 0. The fourth-order valence-electron chi connectivity index (χ4n) is 2.20. The van der Waals surface area contributed by atoms with Gasteiger partial charge in [-0.25, -0.2) is 4.68 Å². The van der Waals surface area contributed by atoms with Gasteiger partial charge >= 0.3 is 0 Å². The normalized spacial score (nSPS) is 19.0. The van der Waals surface area contributed by atoms with Crippen LogP contribution in [0.25, 0.3) is 0 Å². The minimum Gasteiger partial charge on any atom is -0.368 e. The predicted octanol–water partition coefficient (Wildman–Crippen LogP) is 0.784. The van der Waals surface area contributed by atoms with E-state index in [-0.39, 0.29) is 6.04 Å². The molecule has 88 valence electrons. The second-order valence-electron chi connectivity index (χ2n) is 4.36. The summed E-state index contributed by atoms with van der Waals surface area (Å²) in [5, 5.41) is 7.76. The van der Waals surface area contributed by atoms with Crippen LogP contribution in [-0.2, 0) is 20.0 Å². The first kappa shape index (κ1) is 10.3. The smallest absolute Gasteiger partial charge is 0.218 e. The number of anilines is 1. The van der Waals surface area contributed by atoms with Crippen LogP contribution in [0.5, 0.6) is 0 Å². The van der Waals surface area contributed by atoms with Gasteiger partial charge in [-0.05, 0) is 17.5 Å². The van der Waals surface area contributed by atoms with Crippen molar-refractivity contribution in [3.63, 3.8) is 0 Å². The lowest BCUT2D eigenvalue weighted by Gasteiger charge is -2.23. The van der Waals surface area contributed by atoms with Crippen LogP contribution < -0.4 is 11.1 Å². The van der Waals surface area contributed by atoms with Crippen LogP contribution in [0.15, 0.2) is 24.3 Å². The van der Waals surface area contributed by atoms with E-state index in [2.05, 4.69) is 39.7 Å². The van der Waals surface area contributed by atoms with Crippen LogP contribution in [0.1, 0.15) is 23.0 Å². The Hall–Kier alpha value is -1.88. The number of benzene rings is 1. The molecule has 0 saturated carbocycles. The monoisotopic (exact) mass is 229 g/mol. The van der Waals surface area contributed by atoms with E-state index in [1.165, 1.54) is 11.1 Å². The molecule has 3 N–H and O–H groups in total. The van der Waals surface area contributed by atoms with Gasteiger partial charge in [0.2, 0.25) is 5.95 Å². The van der Waals surface area contributed by atoms with Crippen molar-refractivity contribution in [2.24, 2.45) is 7.05 Å². The standard InChI is InChI=1S/C12H15N5/c1-17-12(13)15-11(16-17)10-6-8-4-2-3-5-9(8)7-14-10/h2-5,10,14H,6-7H2,1H3,(H2,13,15,16). The molecule has 3 rings (SSSR count). The highest BCUT2D eigenvalue weighted by Gasteiger charge is 2.22. The second-order valence-corrected chi connectivity index (χ2v) is 4.36. The van der Waals surface area contributed by atoms with Crippen molar-refractivity contribution in [1.82, 2.24) is 20.1 Å². The van der Waals surface area contributed by atoms with Crippen molar-refractivity contribution in [1.29, 1.82) is 0 Å². The third-order valence-corrected chi connectivity index (χ3v) is 3.21. The van der Waals surface area contributed by atoms with Gasteiger partial charge in [0.05, 0.1) is 6.04 Å². The molecule has 0 aliphatic carbocycles. The summed E-state index contributed by atoms with van der Waals surface area (Å²) in [5.41, 5.74) is 8.42. The molecule has 1 aromatic carbocycles. The Kier molecular flexibility index (Phi) is 2.33. The first-order chi connectivity index (χ1) is 8.24. The minimum atomic E-state index is 0.161. The van der Waals surface area contributed by atoms with E-state index < -0.39 is 0 Å². The Morgan fingerprint density at radius 1 is 1.35 bits per heavy atom. The van der Waals surface area contributed by atoms with Crippen molar-refractivity contribution >= 4 is 5.95 Å². The first-order valence-electron chi connectivity index (χ1n) is 5.70. The van der Waals surface area contributed by atoms with Gasteiger partial charge in [-0.15, -0.1) is 0 Å². The number of aromatic nitrogens is 3. The fourth-order valence-corrected chi connectivity index (χ4v) is 2.20. The van der Waals surface area contributed by atoms with Crippen molar-refractivity contribution in [3.8, 4) is 0 Å². The number of rotatable bonds is 1. The van der Waals surface area contributed by atoms with Crippen LogP contribution >= 0.6 is 0 Å². The van der Waals surface area contributed by atoms with Gasteiger partial charge in [0, 0.05) is 13.6 Å². The molecule has 0 fully saturated rings. The summed E-state index contributed by atoms with van der Waals surface area (Å²) in [7, 11) is 1.81. The Bertz CT molecular complexity index is 526. The highest BCUT2D eigenvalue weighted by Crippen LogP contribution is 2.24. The van der Waals surface area contributed by atoms with Gasteiger partial charge in [-0.3, -0.25) is 0 Å². The Labute approximate surface area is 99.7 Å². The quantitative estimate of drug-likeness (QED) is 0.758. The van der Waals surface area contributed by atoms with Gasteiger partial charge < -0.3 is 11.1 Å². The molecule has 0 amide bonds. The number of hydrogen-bond donors (Lipinski definition) is 2. The zero-order valence-corrected chi connectivity index (χ0v) is 9.72. The van der Waals surface area contributed by atoms with Crippen molar-refractivity contribution in [2.75, 3.05) is 5.73 Å². The molecular formula is C12H15N5. The average molecular weight is 229 g/mol. The molecule has 1 aliphatic rings. The number of aryl methyl sites for hydroxylation is 1. The molecule has 1 unspecified atom stereocenters. The Balaban J connectivity index is 1.89. The van der Waals surface area contributed by atoms with Crippen molar-refractivity contribution in [2.45, 2.75) is 19.0 Å². The van der Waals surface area contributed by atoms with Gasteiger partial charge in [0.1, 0.15) is 0 Å². The molecule has 0 radical (unpaired) electrons. The molecule has 0 spiro atoms. The summed E-state index contributed by atoms with van der Waals surface area (Å²) in [4.78, 5) is 4.27. The molecule has 17 heavy (non-hydrogen) atoms. The molecule has 1 atom stereocenters. The molecular weight excluding hydrogens is 214 g/mol. The van der Waals surface area contributed by atoms with E-state index in [0.717, 1.165) is 18.8 Å². The van der Waals surface area contributed by atoms with Gasteiger partial charge in [0.25, 0.3) is 0 Å². The van der Waals surface area contributed by atoms with Gasteiger partial charge in [0.15, 0.2) is 5.82 Å². The SMILES string of the molecule is Cn1nc(C2Cc3ccccc3CN2)nc1N. The fraction of sp³-hybridized carbons (Fsp3) is 0.333. The van der Waals surface area contributed by atoms with Gasteiger partial charge in [-0.2, -0.15) is 10.1 Å². The van der Waals surface area contributed by atoms with E-state index >= 15 is 0 Å². The summed E-state index contributed by atoms with van der Waals surface area (Å²) in [6, 6.07) is 8.61.